The highest BCUT2D eigenvalue weighted by atomic mass is 127. The Bertz CT molecular complexity index is 505. The lowest BCUT2D eigenvalue weighted by Gasteiger charge is -2.05. The predicted molar refractivity (Wildman–Crippen MR) is 66.4 cm³/mol. The van der Waals surface area contributed by atoms with E-state index in [1.165, 1.54) is 0 Å². The third-order valence-electron chi connectivity index (χ3n) is 2.15. The quantitative estimate of drug-likeness (QED) is 0.631. The summed E-state index contributed by atoms with van der Waals surface area (Å²) in [4.78, 5) is 10.6. The summed E-state index contributed by atoms with van der Waals surface area (Å²) in [6, 6.07) is 5.56. The van der Waals surface area contributed by atoms with Crippen LogP contribution in [-0.4, -0.2) is 16.1 Å². The van der Waals surface area contributed by atoms with Crippen molar-refractivity contribution >= 4 is 28.9 Å². The first kappa shape index (κ1) is 10.4. The summed E-state index contributed by atoms with van der Waals surface area (Å²) in [6.45, 7) is 1.97. The summed E-state index contributed by atoms with van der Waals surface area (Å²) >= 11 is 2.21. The molecule has 0 atom stereocenters. The van der Waals surface area contributed by atoms with Crippen LogP contribution < -0.4 is 0 Å². The minimum atomic E-state index is 0.693. The van der Waals surface area contributed by atoms with Crippen molar-refractivity contribution in [2.45, 2.75) is 6.92 Å². The fourth-order valence-corrected chi connectivity index (χ4v) is 1.83. The van der Waals surface area contributed by atoms with E-state index in [1.807, 2.05) is 29.9 Å². The van der Waals surface area contributed by atoms with E-state index in [0.29, 0.717) is 5.56 Å². The van der Waals surface area contributed by atoms with Crippen LogP contribution in [0.2, 0.25) is 0 Å². The molecule has 0 fully saturated rings. The highest BCUT2D eigenvalue weighted by Crippen LogP contribution is 2.15. The molecule has 15 heavy (non-hydrogen) atoms. The van der Waals surface area contributed by atoms with E-state index >= 15 is 0 Å². The molecule has 2 rings (SSSR count). The van der Waals surface area contributed by atoms with Crippen molar-refractivity contribution in [2.75, 3.05) is 0 Å². The molecule has 4 heteroatoms. The van der Waals surface area contributed by atoms with Crippen LogP contribution in [-0.2, 0) is 0 Å². The van der Waals surface area contributed by atoms with E-state index in [9.17, 15) is 4.79 Å². The van der Waals surface area contributed by atoms with Gasteiger partial charge in [0.2, 0.25) is 0 Å². The molecule has 0 radical (unpaired) electrons. The number of carbonyl (C=O) groups excluding carboxylic acids is 1. The molecule has 0 N–H and O–H groups in total. The number of hydrogen-bond donors (Lipinski definition) is 0. The number of aldehydes is 1. The Morgan fingerprint density at radius 3 is 2.80 bits per heavy atom. The molecule has 3 nitrogen and oxygen atoms in total. The fraction of sp³-hybridized carbons (Fsp3) is 0.0909. The number of benzene rings is 1. The van der Waals surface area contributed by atoms with E-state index in [4.69, 9.17) is 0 Å². The largest absolute Gasteiger partial charge is 0.298 e. The zero-order valence-corrected chi connectivity index (χ0v) is 10.3. The van der Waals surface area contributed by atoms with Crippen molar-refractivity contribution in [1.29, 1.82) is 0 Å². The molecule has 0 aliphatic heterocycles. The Morgan fingerprint density at radius 2 is 2.27 bits per heavy atom. The zero-order valence-electron chi connectivity index (χ0n) is 8.14. The van der Waals surface area contributed by atoms with Crippen molar-refractivity contribution in [1.82, 2.24) is 9.78 Å². The van der Waals surface area contributed by atoms with Crippen molar-refractivity contribution < 1.29 is 4.79 Å². The number of nitrogens with zero attached hydrogens (tertiary/aromatic N) is 2. The maximum absolute atomic E-state index is 10.6. The normalized spacial score (nSPS) is 10.3. The maximum Gasteiger partial charge on any atom is 0.150 e. The van der Waals surface area contributed by atoms with Crippen LogP contribution in [0, 0.1) is 10.5 Å². The summed E-state index contributed by atoms with van der Waals surface area (Å²) in [5.41, 5.74) is 2.74. The standard InChI is InChI=1S/C11H9IN2O/c1-8-4-9(7-15)2-3-11(8)14-6-10(12)5-13-14/h2-7H,1H3. The molecule has 2 aromatic rings. The van der Waals surface area contributed by atoms with Crippen LogP contribution in [0.4, 0.5) is 0 Å². The molecule has 76 valence electrons. The van der Waals surface area contributed by atoms with Crippen LogP contribution in [0.3, 0.4) is 0 Å². The molecule has 1 aromatic heterocycles. The molecular formula is C11H9IN2O. The van der Waals surface area contributed by atoms with Gasteiger partial charge in [0.25, 0.3) is 0 Å². The SMILES string of the molecule is Cc1cc(C=O)ccc1-n1cc(I)cn1. The minimum Gasteiger partial charge on any atom is -0.298 e. The van der Waals surface area contributed by atoms with Gasteiger partial charge in [-0.25, -0.2) is 4.68 Å². The molecule has 0 aliphatic carbocycles. The summed E-state index contributed by atoms with van der Waals surface area (Å²) < 4.78 is 2.90. The molecule has 1 heterocycles. The second kappa shape index (κ2) is 4.14. The van der Waals surface area contributed by atoms with Gasteiger partial charge in [-0.1, -0.05) is 0 Å². The summed E-state index contributed by atoms with van der Waals surface area (Å²) in [7, 11) is 0. The average Bonchev–Trinajstić information content (AvgIpc) is 2.64. The molecule has 0 amide bonds. The van der Waals surface area contributed by atoms with Gasteiger partial charge in [0.15, 0.2) is 0 Å². The van der Waals surface area contributed by atoms with Gasteiger partial charge in [-0.05, 0) is 53.3 Å². The molecule has 0 bridgehead atoms. The number of rotatable bonds is 2. The molecule has 0 aliphatic rings. The smallest absolute Gasteiger partial charge is 0.150 e. The first-order chi connectivity index (χ1) is 7.20. The topological polar surface area (TPSA) is 34.9 Å². The molecule has 0 spiro atoms. The van der Waals surface area contributed by atoms with Crippen molar-refractivity contribution in [3.8, 4) is 5.69 Å². The van der Waals surface area contributed by atoms with Crippen LogP contribution >= 0.6 is 22.6 Å². The lowest BCUT2D eigenvalue weighted by atomic mass is 10.1. The van der Waals surface area contributed by atoms with Gasteiger partial charge >= 0.3 is 0 Å². The Balaban J connectivity index is 2.49. The Kier molecular flexibility index (Phi) is 2.86. The second-order valence-electron chi connectivity index (χ2n) is 3.27. The molecular weight excluding hydrogens is 303 g/mol. The van der Waals surface area contributed by atoms with E-state index in [0.717, 1.165) is 21.1 Å². The zero-order chi connectivity index (χ0) is 10.8. The Hall–Kier alpha value is -1.17. The van der Waals surface area contributed by atoms with Gasteiger partial charge in [-0.3, -0.25) is 4.79 Å². The lowest BCUT2D eigenvalue weighted by Crippen LogP contribution is -1.98. The Morgan fingerprint density at radius 1 is 1.47 bits per heavy atom. The van der Waals surface area contributed by atoms with E-state index < -0.39 is 0 Å². The lowest BCUT2D eigenvalue weighted by molar-refractivity contribution is 0.112. The van der Waals surface area contributed by atoms with Gasteiger partial charge in [0.05, 0.1) is 15.5 Å². The van der Waals surface area contributed by atoms with E-state index in [-0.39, 0.29) is 0 Å². The van der Waals surface area contributed by atoms with Gasteiger partial charge in [-0.15, -0.1) is 0 Å². The van der Waals surface area contributed by atoms with Crippen LogP contribution in [0.25, 0.3) is 5.69 Å². The van der Waals surface area contributed by atoms with E-state index in [2.05, 4.69) is 27.7 Å². The summed E-state index contributed by atoms with van der Waals surface area (Å²) in [5.74, 6) is 0. The van der Waals surface area contributed by atoms with Crippen LogP contribution in [0.15, 0.2) is 30.6 Å². The van der Waals surface area contributed by atoms with Crippen LogP contribution in [0.5, 0.6) is 0 Å². The minimum absolute atomic E-state index is 0.693. The average molecular weight is 312 g/mol. The second-order valence-corrected chi connectivity index (χ2v) is 4.51. The first-order valence-electron chi connectivity index (χ1n) is 4.47. The molecule has 0 saturated heterocycles. The van der Waals surface area contributed by atoms with Gasteiger partial charge < -0.3 is 0 Å². The van der Waals surface area contributed by atoms with Gasteiger partial charge in [0.1, 0.15) is 6.29 Å². The first-order valence-corrected chi connectivity index (χ1v) is 5.55. The predicted octanol–water partition coefficient (Wildman–Crippen LogP) is 2.60. The molecule has 1 aromatic carbocycles. The van der Waals surface area contributed by atoms with Crippen molar-refractivity contribution in [2.24, 2.45) is 0 Å². The molecule has 0 saturated carbocycles. The molecule has 0 unspecified atom stereocenters. The number of hydrogen-bond acceptors (Lipinski definition) is 2. The number of aryl methyl sites for hydroxylation is 1. The highest BCUT2D eigenvalue weighted by Gasteiger charge is 2.03. The number of carbonyl (C=O) groups is 1. The number of aromatic nitrogens is 2. The highest BCUT2D eigenvalue weighted by molar-refractivity contribution is 14.1. The van der Waals surface area contributed by atoms with Crippen LogP contribution in [0.1, 0.15) is 15.9 Å². The fourth-order valence-electron chi connectivity index (χ4n) is 1.44. The van der Waals surface area contributed by atoms with E-state index in [1.54, 1.807) is 12.3 Å². The van der Waals surface area contributed by atoms with Crippen molar-refractivity contribution in [3.63, 3.8) is 0 Å². The summed E-state index contributed by atoms with van der Waals surface area (Å²) in [6.07, 6.45) is 4.60. The summed E-state index contributed by atoms with van der Waals surface area (Å²) in [5, 5.41) is 4.22. The van der Waals surface area contributed by atoms with Gasteiger partial charge in [-0.2, -0.15) is 5.10 Å². The monoisotopic (exact) mass is 312 g/mol. The van der Waals surface area contributed by atoms with Crippen molar-refractivity contribution in [3.05, 3.63) is 45.3 Å². The number of halogens is 1. The van der Waals surface area contributed by atoms with Gasteiger partial charge in [0, 0.05) is 11.8 Å². The Labute approximate surface area is 101 Å². The third kappa shape index (κ3) is 2.09. The third-order valence-corrected chi connectivity index (χ3v) is 2.71. The maximum atomic E-state index is 10.6.